The molecular weight excluding hydrogens is 366 g/mol. The molecule has 1 heterocycles. The van der Waals surface area contributed by atoms with E-state index in [4.69, 9.17) is 20.8 Å². The zero-order valence-corrected chi connectivity index (χ0v) is 16.1. The lowest BCUT2D eigenvalue weighted by molar-refractivity contribution is -0.116. The molecule has 0 aliphatic carbocycles. The van der Waals surface area contributed by atoms with Crippen molar-refractivity contribution in [3.8, 4) is 5.75 Å². The summed E-state index contributed by atoms with van der Waals surface area (Å²) in [5.41, 5.74) is 2.91. The first kappa shape index (κ1) is 19.0. The summed E-state index contributed by atoms with van der Waals surface area (Å²) in [5.74, 6) is 0.404. The molecule has 3 aromatic rings. The van der Waals surface area contributed by atoms with Gasteiger partial charge in [-0.3, -0.25) is 4.79 Å². The quantitative estimate of drug-likeness (QED) is 0.649. The number of anilines is 1. The molecule has 27 heavy (non-hydrogen) atoms. The van der Waals surface area contributed by atoms with Crippen LogP contribution in [0.25, 0.3) is 11.0 Å². The van der Waals surface area contributed by atoms with Crippen LogP contribution in [0, 0.1) is 13.8 Å². The second-order valence-electron chi connectivity index (χ2n) is 6.39. The van der Waals surface area contributed by atoms with Gasteiger partial charge in [0.15, 0.2) is 0 Å². The molecule has 6 heteroatoms. The van der Waals surface area contributed by atoms with Crippen LogP contribution in [0.2, 0.25) is 5.02 Å². The molecule has 3 rings (SSSR count). The van der Waals surface area contributed by atoms with Gasteiger partial charge in [0.2, 0.25) is 5.91 Å². The van der Waals surface area contributed by atoms with Gasteiger partial charge in [-0.2, -0.15) is 0 Å². The predicted molar refractivity (Wildman–Crippen MR) is 107 cm³/mol. The highest BCUT2D eigenvalue weighted by molar-refractivity contribution is 6.33. The number of carbonyl (C=O) groups is 1. The fraction of sp³-hybridized carbons (Fsp3) is 0.238. The van der Waals surface area contributed by atoms with Gasteiger partial charge in [0, 0.05) is 23.4 Å². The molecule has 5 nitrogen and oxygen atoms in total. The van der Waals surface area contributed by atoms with Gasteiger partial charge in [-0.15, -0.1) is 0 Å². The van der Waals surface area contributed by atoms with Crippen molar-refractivity contribution >= 4 is 34.2 Å². The largest absolute Gasteiger partial charge is 0.497 e. The van der Waals surface area contributed by atoms with Gasteiger partial charge in [0.05, 0.1) is 17.8 Å². The Balaban J connectivity index is 1.78. The number of benzene rings is 2. The van der Waals surface area contributed by atoms with E-state index in [-0.39, 0.29) is 18.7 Å². The Hall–Kier alpha value is -2.79. The van der Waals surface area contributed by atoms with Crippen LogP contribution in [0.5, 0.6) is 5.75 Å². The van der Waals surface area contributed by atoms with E-state index in [1.807, 2.05) is 32.0 Å². The second kappa shape index (κ2) is 7.84. The molecule has 1 amide bonds. The molecular formula is C21H20ClNO4. The number of aryl methyl sites for hydroxylation is 2. The summed E-state index contributed by atoms with van der Waals surface area (Å²) in [6.07, 6.45) is 0.433. The molecule has 0 aliphatic heterocycles. The van der Waals surface area contributed by atoms with Crippen LogP contribution in [0.1, 0.15) is 23.1 Å². The van der Waals surface area contributed by atoms with Crippen molar-refractivity contribution in [2.75, 3.05) is 12.4 Å². The summed E-state index contributed by atoms with van der Waals surface area (Å²) < 4.78 is 10.6. The number of methoxy groups -OCH3 is 1. The summed E-state index contributed by atoms with van der Waals surface area (Å²) >= 11 is 6.14. The van der Waals surface area contributed by atoms with Crippen LogP contribution >= 0.6 is 11.6 Å². The second-order valence-corrected chi connectivity index (χ2v) is 6.79. The van der Waals surface area contributed by atoms with Gasteiger partial charge in [-0.05, 0) is 55.7 Å². The molecule has 1 N–H and O–H groups in total. The number of rotatable bonds is 5. The van der Waals surface area contributed by atoms with Crippen LogP contribution in [-0.4, -0.2) is 13.0 Å². The molecule has 140 valence electrons. The van der Waals surface area contributed by atoms with Crippen molar-refractivity contribution < 1.29 is 13.9 Å². The number of hydrogen-bond donors (Lipinski definition) is 1. The lowest BCUT2D eigenvalue weighted by Gasteiger charge is -2.10. The van der Waals surface area contributed by atoms with Crippen LogP contribution in [0.3, 0.4) is 0 Å². The molecule has 0 spiro atoms. The molecule has 0 bridgehead atoms. The molecule has 0 atom stereocenters. The highest BCUT2D eigenvalue weighted by Crippen LogP contribution is 2.25. The van der Waals surface area contributed by atoms with Gasteiger partial charge in [-0.1, -0.05) is 17.7 Å². The maximum atomic E-state index is 12.4. The number of nitrogens with one attached hydrogen (secondary N) is 1. The molecule has 0 unspecified atom stereocenters. The van der Waals surface area contributed by atoms with Crippen molar-refractivity contribution in [2.24, 2.45) is 0 Å². The predicted octanol–water partition coefficient (Wildman–Crippen LogP) is 4.64. The van der Waals surface area contributed by atoms with E-state index in [1.54, 1.807) is 25.3 Å². The van der Waals surface area contributed by atoms with Crippen molar-refractivity contribution in [3.05, 3.63) is 68.5 Å². The van der Waals surface area contributed by atoms with E-state index < -0.39 is 5.63 Å². The number of amides is 1. The minimum atomic E-state index is -0.436. The van der Waals surface area contributed by atoms with Gasteiger partial charge in [0.1, 0.15) is 11.3 Å². The Morgan fingerprint density at radius 3 is 2.67 bits per heavy atom. The fourth-order valence-electron chi connectivity index (χ4n) is 2.96. The van der Waals surface area contributed by atoms with Gasteiger partial charge < -0.3 is 14.5 Å². The number of ether oxygens (including phenoxy) is 1. The van der Waals surface area contributed by atoms with Crippen LogP contribution in [-0.2, 0) is 11.2 Å². The van der Waals surface area contributed by atoms with E-state index in [2.05, 4.69) is 5.32 Å². The Morgan fingerprint density at radius 1 is 1.19 bits per heavy atom. The summed E-state index contributed by atoms with van der Waals surface area (Å²) in [5, 5.41) is 4.09. The average Bonchev–Trinajstić information content (AvgIpc) is 2.63. The Bertz CT molecular complexity index is 1070. The molecule has 2 aromatic carbocycles. The maximum absolute atomic E-state index is 12.4. The highest BCUT2D eigenvalue weighted by atomic mass is 35.5. The smallest absolute Gasteiger partial charge is 0.339 e. The third-order valence-corrected chi connectivity index (χ3v) is 4.81. The highest BCUT2D eigenvalue weighted by Gasteiger charge is 2.14. The van der Waals surface area contributed by atoms with Crippen molar-refractivity contribution in [1.29, 1.82) is 0 Å². The zero-order valence-electron chi connectivity index (χ0n) is 15.4. The number of carbonyl (C=O) groups excluding carboxylic acids is 1. The number of halogens is 1. The minimum Gasteiger partial charge on any atom is -0.497 e. The monoisotopic (exact) mass is 385 g/mol. The molecule has 0 radical (unpaired) electrons. The zero-order chi connectivity index (χ0) is 19.6. The fourth-order valence-corrected chi connectivity index (χ4v) is 3.25. The van der Waals surface area contributed by atoms with Gasteiger partial charge >= 0.3 is 5.63 Å². The molecule has 0 fully saturated rings. The van der Waals surface area contributed by atoms with Crippen LogP contribution in [0.4, 0.5) is 5.69 Å². The first-order chi connectivity index (χ1) is 12.9. The van der Waals surface area contributed by atoms with Gasteiger partial charge in [0.25, 0.3) is 0 Å². The number of fused-ring (bicyclic) bond motifs is 1. The minimum absolute atomic E-state index is 0.150. The van der Waals surface area contributed by atoms with Crippen LogP contribution < -0.4 is 15.7 Å². The number of hydrogen-bond acceptors (Lipinski definition) is 4. The van der Waals surface area contributed by atoms with Crippen molar-refractivity contribution in [3.63, 3.8) is 0 Å². The summed E-state index contributed by atoms with van der Waals surface area (Å²) in [4.78, 5) is 24.6. The first-order valence-electron chi connectivity index (χ1n) is 8.55. The Morgan fingerprint density at radius 2 is 1.96 bits per heavy atom. The SMILES string of the molecule is COc1ccc2c(C)c(CCC(=O)Nc3ccc(C)cc3Cl)c(=O)oc2c1. The van der Waals surface area contributed by atoms with Crippen LogP contribution in [0.15, 0.2) is 45.6 Å². The summed E-state index contributed by atoms with van der Waals surface area (Å²) in [7, 11) is 1.55. The van der Waals surface area contributed by atoms with E-state index in [9.17, 15) is 9.59 Å². The van der Waals surface area contributed by atoms with E-state index in [1.165, 1.54) is 0 Å². The summed E-state index contributed by atoms with van der Waals surface area (Å²) in [6.45, 7) is 3.78. The Labute approximate surface area is 161 Å². The van der Waals surface area contributed by atoms with E-state index >= 15 is 0 Å². The first-order valence-corrected chi connectivity index (χ1v) is 8.93. The van der Waals surface area contributed by atoms with E-state index in [0.717, 1.165) is 16.5 Å². The van der Waals surface area contributed by atoms with Crippen molar-refractivity contribution in [1.82, 2.24) is 0 Å². The van der Waals surface area contributed by atoms with Gasteiger partial charge in [-0.25, -0.2) is 4.79 Å². The lowest BCUT2D eigenvalue weighted by Crippen LogP contribution is -2.16. The van der Waals surface area contributed by atoms with E-state index in [0.29, 0.717) is 27.6 Å². The normalized spacial score (nSPS) is 10.8. The average molecular weight is 386 g/mol. The third-order valence-electron chi connectivity index (χ3n) is 4.50. The molecule has 1 aromatic heterocycles. The lowest BCUT2D eigenvalue weighted by atomic mass is 10.0. The maximum Gasteiger partial charge on any atom is 0.339 e. The van der Waals surface area contributed by atoms with Crippen molar-refractivity contribution in [2.45, 2.75) is 26.7 Å². The third kappa shape index (κ3) is 4.14. The molecule has 0 saturated heterocycles. The Kier molecular flexibility index (Phi) is 5.51. The summed E-state index contributed by atoms with van der Waals surface area (Å²) in [6, 6.07) is 10.8. The molecule has 0 aliphatic rings. The topological polar surface area (TPSA) is 68.5 Å². The molecule has 0 saturated carbocycles. The standard InChI is InChI=1S/C21H20ClNO4/c1-12-4-8-18(17(22)10-12)23-20(24)9-7-16-13(2)15-6-5-14(26-3)11-19(15)27-21(16)25/h4-6,8,10-11H,7,9H2,1-3H3,(H,23,24).